The van der Waals surface area contributed by atoms with Crippen molar-refractivity contribution in [2.45, 2.75) is 6.18 Å². The Kier molecular flexibility index (Phi) is 4.17. The highest BCUT2D eigenvalue weighted by Gasteiger charge is 2.35. The second-order valence-electron chi connectivity index (χ2n) is 4.88. The maximum Gasteiger partial charge on any atom is 0.431 e. The quantitative estimate of drug-likeness (QED) is 0.572. The molecule has 3 rings (SSSR count). The van der Waals surface area contributed by atoms with Crippen molar-refractivity contribution in [1.29, 1.82) is 0 Å². The van der Waals surface area contributed by atoms with Crippen molar-refractivity contribution in [2.75, 3.05) is 0 Å². The first-order valence-electron chi connectivity index (χ1n) is 6.37. The third kappa shape index (κ3) is 2.83. The molecule has 0 aliphatic rings. The number of alkyl halides is 3. The standard InChI is InChI=1S/C13H5Cl2F4N3O2S/c1-21-6(13(17,18)19)3-7(23)22(12(21)24)9-5(16)2-4(14)8-10(9)25-11(15)20-8/h2-3H,1H3. The number of hydrogen-bond donors (Lipinski definition) is 0. The van der Waals surface area contributed by atoms with Crippen LogP contribution < -0.4 is 11.2 Å². The van der Waals surface area contributed by atoms with Crippen LogP contribution in [0.1, 0.15) is 5.69 Å². The predicted molar refractivity (Wildman–Crippen MR) is 85.4 cm³/mol. The van der Waals surface area contributed by atoms with Gasteiger partial charge in [0.05, 0.1) is 9.72 Å². The molecular weight excluding hydrogens is 409 g/mol. The van der Waals surface area contributed by atoms with E-state index in [9.17, 15) is 27.2 Å². The summed E-state index contributed by atoms with van der Waals surface area (Å²) in [5, 5.41) is -0.115. The minimum absolute atomic E-state index is 0.0296. The minimum Gasteiger partial charge on any atom is -0.292 e. The number of rotatable bonds is 1. The van der Waals surface area contributed by atoms with E-state index >= 15 is 0 Å². The Morgan fingerprint density at radius 1 is 1.20 bits per heavy atom. The van der Waals surface area contributed by atoms with Gasteiger partial charge in [0.2, 0.25) is 0 Å². The Labute approximate surface area is 149 Å². The van der Waals surface area contributed by atoms with E-state index in [1.807, 2.05) is 0 Å². The molecule has 0 fully saturated rings. The van der Waals surface area contributed by atoms with E-state index in [1.165, 1.54) is 0 Å². The van der Waals surface area contributed by atoms with Crippen molar-refractivity contribution in [3.8, 4) is 5.69 Å². The van der Waals surface area contributed by atoms with Gasteiger partial charge >= 0.3 is 11.9 Å². The molecule has 0 amide bonds. The third-order valence-corrected chi connectivity index (χ3v) is 4.81. The molecule has 3 aromatic rings. The molecule has 0 unspecified atom stereocenters. The van der Waals surface area contributed by atoms with Gasteiger partial charge < -0.3 is 0 Å². The number of benzene rings is 1. The van der Waals surface area contributed by atoms with Crippen molar-refractivity contribution < 1.29 is 17.6 Å². The van der Waals surface area contributed by atoms with Gasteiger partial charge in [-0.3, -0.25) is 9.36 Å². The van der Waals surface area contributed by atoms with Gasteiger partial charge in [-0.25, -0.2) is 18.7 Å². The SMILES string of the molecule is Cn1c(C(F)(F)F)cc(=O)n(-c2c(F)cc(Cl)c3nc(Cl)sc23)c1=O. The lowest BCUT2D eigenvalue weighted by Crippen LogP contribution is -2.41. The van der Waals surface area contributed by atoms with Crippen LogP contribution in [0.2, 0.25) is 9.49 Å². The van der Waals surface area contributed by atoms with Crippen LogP contribution in [0.5, 0.6) is 0 Å². The molecule has 1 aromatic carbocycles. The Morgan fingerprint density at radius 3 is 2.44 bits per heavy atom. The normalized spacial score (nSPS) is 12.1. The molecule has 0 bridgehead atoms. The molecule has 0 aliphatic heterocycles. The van der Waals surface area contributed by atoms with Gasteiger partial charge in [-0.15, -0.1) is 11.3 Å². The highest BCUT2D eigenvalue weighted by molar-refractivity contribution is 7.22. The monoisotopic (exact) mass is 413 g/mol. The van der Waals surface area contributed by atoms with Crippen LogP contribution in [0.25, 0.3) is 15.9 Å². The van der Waals surface area contributed by atoms with Crippen molar-refractivity contribution in [3.63, 3.8) is 0 Å². The summed E-state index contributed by atoms with van der Waals surface area (Å²) in [6.45, 7) is 0. The summed E-state index contributed by atoms with van der Waals surface area (Å²) in [5.74, 6) is -1.07. The van der Waals surface area contributed by atoms with Crippen LogP contribution in [0.15, 0.2) is 21.7 Å². The van der Waals surface area contributed by atoms with E-state index in [0.717, 1.165) is 24.5 Å². The lowest BCUT2D eigenvalue weighted by atomic mass is 10.2. The summed E-state index contributed by atoms with van der Waals surface area (Å²) in [4.78, 5) is 28.3. The third-order valence-electron chi connectivity index (χ3n) is 3.36. The zero-order chi connectivity index (χ0) is 18.7. The Morgan fingerprint density at radius 2 is 1.84 bits per heavy atom. The minimum atomic E-state index is -4.92. The van der Waals surface area contributed by atoms with Gasteiger partial charge in [0.15, 0.2) is 10.3 Å². The molecule has 0 radical (unpaired) electrons. The van der Waals surface area contributed by atoms with Crippen molar-refractivity contribution >= 4 is 44.8 Å². The molecule has 5 nitrogen and oxygen atoms in total. The number of nitrogens with zero attached hydrogens (tertiary/aromatic N) is 3. The molecule has 2 aromatic heterocycles. The van der Waals surface area contributed by atoms with Crippen LogP contribution in [0.4, 0.5) is 17.6 Å². The van der Waals surface area contributed by atoms with Gasteiger partial charge in [-0.1, -0.05) is 23.2 Å². The Hall–Kier alpha value is -1.91. The van der Waals surface area contributed by atoms with E-state index < -0.39 is 34.6 Å². The van der Waals surface area contributed by atoms with Gasteiger partial charge in [0.25, 0.3) is 5.56 Å². The van der Waals surface area contributed by atoms with Crippen LogP contribution in [0, 0.1) is 5.82 Å². The topological polar surface area (TPSA) is 56.9 Å². The second-order valence-corrected chi connectivity index (χ2v) is 6.86. The van der Waals surface area contributed by atoms with Crippen LogP contribution >= 0.6 is 34.5 Å². The average molecular weight is 414 g/mol. The van der Waals surface area contributed by atoms with E-state index in [0.29, 0.717) is 0 Å². The van der Waals surface area contributed by atoms with Crippen LogP contribution in [0.3, 0.4) is 0 Å². The maximum absolute atomic E-state index is 14.4. The predicted octanol–water partition coefficient (Wildman–Crippen LogP) is 3.61. The second kappa shape index (κ2) is 5.82. The average Bonchev–Trinajstić information content (AvgIpc) is 2.87. The van der Waals surface area contributed by atoms with Gasteiger partial charge in [-0.05, 0) is 6.07 Å². The summed E-state index contributed by atoms with van der Waals surface area (Å²) < 4.78 is 53.6. The molecule has 0 saturated carbocycles. The highest BCUT2D eigenvalue weighted by atomic mass is 35.5. The van der Waals surface area contributed by atoms with Gasteiger partial charge in [0.1, 0.15) is 16.9 Å². The fourth-order valence-electron chi connectivity index (χ4n) is 2.28. The number of fused-ring (bicyclic) bond motifs is 1. The Bertz CT molecular complexity index is 1130. The number of aromatic nitrogens is 3. The molecule has 0 spiro atoms. The summed E-state index contributed by atoms with van der Waals surface area (Å²) in [7, 11) is 0.825. The lowest BCUT2D eigenvalue weighted by Gasteiger charge is -2.14. The van der Waals surface area contributed by atoms with Crippen molar-refractivity contribution in [1.82, 2.24) is 14.1 Å². The first kappa shape index (κ1) is 17.9. The zero-order valence-electron chi connectivity index (χ0n) is 12.0. The molecule has 25 heavy (non-hydrogen) atoms. The van der Waals surface area contributed by atoms with E-state index in [-0.39, 0.29) is 34.9 Å². The smallest absolute Gasteiger partial charge is 0.292 e. The first-order chi connectivity index (χ1) is 11.5. The highest BCUT2D eigenvalue weighted by Crippen LogP contribution is 2.36. The number of halogens is 6. The molecule has 12 heteroatoms. The Balaban J connectivity index is 2.48. The maximum atomic E-state index is 14.4. The summed E-state index contributed by atoms with van der Waals surface area (Å²) in [5.41, 5.74) is -4.69. The summed E-state index contributed by atoms with van der Waals surface area (Å²) in [6.07, 6.45) is -4.92. The van der Waals surface area contributed by atoms with Crippen molar-refractivity contribution in [3.05, 3.63) is 54.0 Å². The van der Waals surface area contributed by atoms with Gasteiger partial charge in [-0.2, -0.15) is 13.2 Å². The fraction of sp³-hybridized carbons (Fsp3) is 0.154. The zero-order valence-corrected chi connectivity index (χ0v) is 14.3. The molecule has 2 heterocycles. The van der Waals surface area contributed by atoms with Crippen LogP contribution in [-0.2, 0) is 13.2 Å². The largest absolute Gasteiger partial charge is 0.431 e. The first-order valence-corrected chi connectivity index (χ1v) is 7.94. The fourth-order valence-corrected chi connectivity index (χ4v) is 3.73. The molecule has 0 atom stereocenters. The summed E-state index contributed by atoms with van der Waals surface area (Å²) in [6, 6.07) is 1.02. The number of hydrogen-bond acceptors (Lipinski definition) is 4. The lowest BCUT2D eigenvalue weighted by molar-refractivity contribution is -0.144. The summed E-state index contributed by atoms with van der Waals surface area (Å²) >= 11 is 12.4. The molecule has 0 saturated heterocycles. The molecule has 132 valence electrons. The van der Waals surface area contributed by atoms with E-state index in [1.54, 1.807) is 0 Å². The van der Waals surface area contributed by atoms with E-state index in [4.69, 9.17) is 23.2 Å². The molecule has 0 aliphatic carbocycles. The van der Waals surface area contributed by atoms with E-state index in [2.05, 4.69) is 4.98 Å². The molecular formula is C13H5Cl2F4N3O2S. The van der Waals surface area contributed by atoms with Crippen molar-refractivity contribution in [2.24, 2.45) is 7.05 Å². The van der Waals surface area contributed by atoms with Gasteiger partial charge in [0, 0.05) is 13.1 Å². The number of thiazole rings is 1. The van der Waals surface area contributed by atoms with Crippen LogP contribution in [-0.4, -0.2) is 14.1 Å². The molecule has 0 N–H and O–H groups in total.